The highest BCUT2D eigenvalue weighted by Gasteiger charge is 2.65. The first-order valence-electron chi connectivity index (χ1n) is 20.3. The summed E-state index contributed by atoms with van der Waals surface area (Å²) in [5, 5.41) is 33.9. The molecule has 1 heterocycles. The van der Waals surface area contributed by atoms with E-state index >= 15 is 0 Å². The fourth-order valence-corrected chi connectivity index (χ4v) is 8.96. The topological polar surface area (TPSA) is 157 Å². The summed E-state index contributed by atoms with van der Waals surface area (Å²) in [6.07, 6.45) is 11.3. The average molecular weight is 775 g/mol. The van der Waals surface area contributed by atoms with Gasteiger partial charge in [-0.3, -0.25) is 9.59 Å². The number of ether oxygens (including phenoxy) is 4. The van der Waals surface area contributed by atoms with E-state index in [9.17, 15) is 24.9 Å². The Morgan fingerprint density at radius 1 is 1.02 bits per heavy atom. The number of nitrogens with zero attached hydrogens (tertiary/aromatic N) is 2. The molecule has 1 aliphatic heterocycles. The summed E-state index contributed by atoms with van der Waals surface area (Å²) in [6, 6.07) is 12.2. The zero-order valence-electron chi connectivity index (χ0n) is 32.6. The molecule has 0 saturated heterocycles. The lowest BCUT2D eigenvalue weighted by molar-refractivity contribution is -0.258. The minimum absolute atomic E-state index is 0.0109. The van der Waals surface area contributed by atoms with Crippen molar-refractivity contribution in [2.75, 3.05) is 52.8 Å². The molecule has 3 aliphatic carbocycles. The molecular weight excluding hydrogens is 716 g/mol. The molecular formula is C44H58N2O10. The Kier molecular flexibility index (Phi) is 14.7. The third-order valence-corrected chi connectivity index (χ3v) is 11.5. The number of amides is 1. The van der Waals surface area contributed by atoms with Crippen LogP contribution in [-0.4, -0.2) is 103 Å². The minimum Gasteiger partial charge on any atom is -0.459 e. The maximum absolute atomic E-state index is 14.4. The molecule has 1 amide bonds. The Hall–Kier alpha value is -4.07. The first-order valence-corrected chi connectivity index (χ1v) is 20.3. The van der Waals surface area contributed by atoms with Gasteiger partial charge in [-0.25, -0.2) is 0 Å². The molecule has 3 N–H and O–H groups in total. The van der Waals surface area contributed by atoms with Gasteiger partial charge in [0, 0.05) is 49.1 Å². The van der Waals surface area contributed by atoms with Crippen LogP contribution in [0.1, 0.15) is 86.6 Å². The molecule has 0 bridgehead atoms. The second kappa shape index (κ2) is 19.9. The van der Waals surface area contributed by atoms with Gasteiger partial charge in [0.05, 0.1) is 38.1 Å². The normalized spacial score (nSPS) is 25.7. The molecule has 4 aliphatic rings. The Morgan fingerprint density at radius 2 is 1.80 bits per heavy atom. The van der Waals surface area contributed by atoms with E-state index in [1.807, 2.05) is 36.1 Å². The van der Waals surface area contributed by atoms with Crippen molar-refractivity contribution in [1.29, 1.82) is 0 Å². The van der Waals surface area contributed by atoms with Gasteiger partial charge < -0.3 is 44.0 Å². The summed E-state index contributed by atoms with van der Waals surface area (Å²) in [4.78, 5) is 33.7. The van der Waals surface area contributed by atoms with Crippen LogP contribution < -0.4 is 9.47 Å². The number of benzene rings is 2. The molecule has 12 nitrogen and oxygen atoms in total. The smallest absolute Gasteiger partial charge is 0.239 e. The molecule has 304 valence electrons. The third-order valence-electron chi connectivity index (χ3n) is 11.5. The standard InChI is InChI=1S/C44H58N2O10/c1-3-22-53-44-40(46(18-23-52-24-21-49)43(51)31-14-15-31)28-38(45-54-4-2)36-26-32(11-5-7-19-47)35(13-6-8-20-48)41(42(36)44)37-27-34(16-17-39(37)56-44)55-33-12-9-10-30(25-33)29-50/h3,9-10,12,16-17,25-27,29,31-32,35,40-42,47-49H,1,4-8,11,13-15,18-24,28H2,2H3. The lowest BCUT2D eigenvalue weighted by Crippen LogP contribution is -2.70. The number of fused-ring (bicyclic) bond motifs is 2. The second-order valence-corrected chi connectivity index (χ2v) is 15.1. The van der Waals surface area contributed by atoms with Crippen molar-refractivity contribution in [1.82, 2.24) is 4.90 Å². The summed E-state index contributed by atoms with van der Waals surface area (Å²) in [5.74, 6) is -0.220. The summed E-state index contributed by atoms with van der Waals surface area (Å²) in [6.45, 7) is 7.14. The molecule has 12 heteroatoms. The fraction of sp³-hybridized carbons (Fsp3) is 0.568. The maximum Gasteiger partial charge on any atom is 0.239 e. The molecule has 2 aromatic carbocycles. The average Bonchev–Trinajstić information content (AvgIpc) is 4.07. The van der Waals surface area contributed by atoms with Gasteiger partial charge in [0.1, 0.15) is 36.2 Å². The number of carbonyl (C=O) groups is 2. The van der Waals surface area contributed by atoms with Crippen LogP contribution in [0.25, 0.3) is 0 Å². The van der Waals surface area contributed by atoms with E-state index in [4.69, 9.17) is 28.9 Å². The van der Waals surface area contributed by atoms with Crippen molar-refractivity contribution < 1.29 is 48.7 Å². The molecule has 6 atom stereocenters. The van der Waals surface area contributed by atoms with E-state index in [1.165, 1.54) is 0 Å². The number of allylic oxidation sites excluding steroid dienone is 1. The van der Waals surface area contributed by atoms with E-state index < -0.39 is 17.7 Å². The maximum atomic E-state index is 14.4. The van der Waals surface area contributed by atoms with Crippen molar-refractivity contribution >= 4 is 17.9 Å². The lowest BCUT2D eigenvalue weighted by atomic mass is 9.55. The van der Waals surface area contributed by atoms with Gasteiger partial charge in [-0.15, -0.1) is 6.58 Å². The van der Waals surface area contributed by atoms with E-state index in [0.717, 1.165) is 61.7 Å². The predicted octanol–water partition coefficient (Wildman–Crippen LogP) is 6.19. The van der Waals surface area contributed by atoms with Crippen molar-refractivity contribution in [3.05, 3.63) is 77.9 Å². The Labute approximate surface area is 330 Å². The first kappa shape index (κ1) is 41.6. The van der Waals surface area contributed by atoms with Crippen LogP contribution in [0.4, 0.5) is 0 Å². The number of aliphatic hydroxyl groups excluding tert-OH is 3. The van der Waals surface area contributed by atoms with Gasteiger partial charge in [-0.05, 0) is 93.2 Å². The van der Waals surface area contributed by atoms with E-state index in [2.05, 4.69) is 12.7 Å². The van der Waals surface area contributed by atoms with Crippen molar-refractivity contribution in [3.63, 3.8) is 0 Å². The first-order chi connectivity index (χ1) is 27.4. The molecule has 6 unspecified atom stereocenters. The van der Waals surface area contributed by atoms with E-state index in [-0.39, 0.29) is 75.8 Å². The number of aldehydes is 1. The number of unbranched alkanes of at least 4 members (excludes halogenated alkanes) is 2. The number of hydrogen-bond acceptors (Lipinski definition) is 11. The molecule has 0 spiro atoms. The number of aliphatic hydroxyl groups is 3. The summed E-state index contributed by atoms with van der Waals surface area (Å²) >= 11 is 0. The zero-order valence-corrected chi connectivity index (χ0v) is 32.6. The van der Waals surface area contributed by atoms with Crippen LogP contribution in [-0.2, 0) is 19.1 Å². The Morgan fingerprint density at radius 3 is 2.52 bits per heavy atom. The van der Waals surface area contributed by atoms with Crippen molar-refractivity contribution in [3.8, 4) is 17.2 Å². The molecule has 2 fully saturated rings. The summed E-state index contributed by atoms with van der Waals surface area (Å²) in [7, 11) is 0. The Bertz CT molecular complexity index is 1710. The summed E-state index contributed by atoms with van der Waals surface area (Å²) in [5.41, 5.74) is 3.14. The van der Waals surface area contributed by atoms with Gasteiger partial charge in [-0.2, -0.15) is 0 Å². The van der Waals surface area contributed by atoms with Gasteiger partial charge in [0.25, 0.3) is 0 Å². The second-order valence-electron chi connectivity index (χ2n) is 15.1. The Balaban J connectivity index is 1.56. The number of rotatable bonds is 23. The molecule has 56 heavy (non-hydrogen) atoms. The minimum atomic E-state index is -1.36. The highest BCUT2D eigenvalue weighted by molar-refractivity contribution is 6.03. The molecule has 2 saturated carbocycles. The molecule has 0 aromatic heterocycles. The predicted molar refractivity (Wildman–Crippen MR) is 211 cm³/mol. The lowest BCUT2D eigenvalue weighted by Gasteiger charge is -2.60. The molecule has 0 radical (unpaired) electrons. The van der Waals surface area contributed by atoms with Crippen LogP contribution in [0, 0.1) is 23.7 Å². The van der Waals surface area contributed by atoms with Crippen LogP contribution in [0.15, 0.2) is 71.9 Å². The van der Waals surface area contributed by atoms with Gasteiger partial charge in [0.15, 0.2) is 0 Å². The van der Waals surface area contributed by atoms with Gasteiger partial charge in [-0.1, -0.05) is 42.3 Å². The van der Waals surface area contributed by atoms with Crippen LogP contribution in [0.5, 0.6) is 17.2 Å². The summed E-state index contributed by atoms with van der Waals surface area (Å²) < 4.78 is 26.4. The van der Waals surface area contributed by atoms with E-state index in [0.29, 0.717) is 48.7 Å². The van der Waals surface area contributed by atoms with Crippen LogP contribution >= 0.6 is 0 Å². The molecule has 6 rings (SSSR count). The SMILES string of the molecule is C=CCOC12Oc3ccc(Oc4cccc(C=O)c4)cc3C3C(CCCCO)C(CCCCO)C=C(C(=NOCC)CC1N(CCOCCO)C(=O)C1CC1)C32. The van der Waals surface area contributed by atoms with E-state index in [1.54, 1.807) is 24.3 Å². The van der Waals surface area contributed by atoms with Crippen molar-refractivity contribution in [2.24, 2.45) is 28.8 Å². The van der Waals surface area contributed by atoms with Gasteiger partial charge >= 0.3 is 0 Å². The molecule has 2 aromatic rings. The quantitative estimate of drug-likeness (QED) is 0.0515. The number of hydrogen-bond donors (Lipinski definition) is 3. The van der Waals surface area contributed by atoms with Crippen molar-refractivity contribution in [2.45, 2.75) is 82.5 Å². The van der Waals surface area contributed by atoms with Crippen LogP contribution in [0.3, 0.4) is 0 Å². The highest BCUT2D eigenvalue weighted by atomic mass is 16.7. The fourth-order valence-electron chi connectivity index (χ4n) is 8.96. The zero-order chi connectivity index (χ0) is 39.5. The number of oxime groups is 1. The number of carbonyl (C=O) groups excluding carboxylic acids is 2. The van der Waals surface area contributed by atoms with Gasteiger partial charge in [0.2, 0.25) is 11.7 Å². The largest absolute Gasteiger partial charge is 0.459 e. The van der Waals surface area contributed by atoms with Crippen LogP contribution in [0.2, 0.25) is 0 Å². The monoisotopic (exact) mass is 774 g/mol. The highest BCUT2D eigenvalue weighted by Crippen LogP contribution is 2.62. The third kappa shape index (κ3) is 9.21.